The molecule has 3 rings (SSSR count). The lowest BCUT2D eigenvalue weighted by Gasteiger charge is -2.05. The highest BCUT2D eigenvalue weighted by molar-refractivity contribution is 7.13. The van der Waals surface area contributed by atoms with E-state index in [9.17, 15) is 0 Å². The van der Waals surface area contributed by atoms with E-state index in [1.165, 1.54) is 28.8 Å². The van der Waals surface area contributed by atoms with Crippen molar-refractivity contribution in [1.82, 2.24) is 5.32 Å². The van der Waals surface area contributed by atoms with Crippen LogP contribution in [0.2, 0.25) is 0 Å². The summed E-state index contributed by atoms with van der Waals surface area (Å²) in [4.78, 5) is 1.31. The van der Waals surface area contributed by atoms with E-state index in [4.69, 9.17) is 4.74 Å². The normalized spacial score (nSPS) is 14.7. The van der Waals surface area contributed by atoms with Gasteiger partial charge in [-0.05, 0) is 54.6 Å². The van der Waals surface area contributed by atoms with Crippen LogP contribution in [0.1, 0.15) is 18.4 Å². The maximum absolute atomic E-state index is 5.83. The van der Waals surface area contributed by atoms with Gasteiger partial charge < -0.3 is 10.1 Å². The number of thiophene rings is 1. The molecule has 0 spiro atoms. The van der Waals surface area contributed by atoms with Crippen LogP contribution < -0.4 is 10.1 Å². The van der Waals surface area contributed by atoms with Gasteiger partial charge in [0.05, 0.1) is 6.10 Å². The molecule has 2 nitrogen and oxygen atoms in total. The van der Waals surface area contributed by atoms with Crippen molar-refractivity contribution >= 4 is 11.3 Å². The van der Waals surface area contributed by atoms with Gasteiger partial charge in [0.2, 0.25) is 0 Å². The van der Waals surface area contributed by atoms with Crippen molar-refractivity contribution < 1.29 is 4.74 Å². The first-order valence-electron chi connectivity index (χ1n) is 6.34. The molecule has 0 aliphatic heterocycles. The molecule has 3 heteroatoms. The van der Waals surface area contributed by atoms with Gasteiger partial charge in [-0.3, -0.25) is 0 Å². The average molecular weight is 259 g/mol. The minimum Gasteiger partial charge on any atom is -0.490 e. The van der Waals surface area contributed by atoms with Gasteiger partial charge in [0.25, 0.3) is 0 Å². The summed E-state index contributed by atoms with van der Waals surface area (Å²) >= 11 is 1.79. The van der Waals surface area contributed by atoms with E-state index in [1.54, 1.807) is 11.3 Å². The first-order chi connectivity index (χ1) is 8.85. The Morgan fingerprint density at radius 1 is 1.33 bits per heavy atom. The summed E-state index contributed by atoms with van der Waals surface area (Å²) in [6.07, 6.45) is 2.87. The molecule has 1 fully saturated rings. The summed E-state index contributed by atoms with van der Waals surface area (Å²) in [6, 6.07) is 10.7. The molecule has 1 N–H and O–H groups in total. The Hall–Kier alpha value is -1.32. The number of nitrogens with one attached hydrogen (secondary N) is 1. The number of rotatable bonds is 5. The smallest absolute Gasteiger partial charge is 0.120 e. The second-order valence-electron chi connectivity index (χ2n) is 4.69. The third-order valence-electron chi connectivity index (χ3n) is 2.98. The predicted molar refractivity (Wildman–Crippen MR) is 76.2 cm³/mol. The van der Waals surface area contributed by atoms with E-state index in [1.807, 2.05) is 13.1 Å². The van der Waals surface area contributed by atoms with Crippen molar-refractivity contribution in [3.8, 4) is 16.2 Å². The maximum Gasteiger partial charge on any atom is 0.120 e. The predicted octanol–water partition coefficient (Wildman–Crippen LogP) is 3.68. The fraction of sp³-hybridized carbons (Fsp3) is 0.333. The van der Waals surface area contributed by atoms with Gasteiger partial charge in [-0.1, -0.05) is 12.1 Å². The van der Waals surface area contributed by atoms with Crippen molar-refractivity contribution in [3.05, 3.63) is 41.3 Å². The summed E-state index contributed by atoms with van der Waals surface area (Å²) in [5.41, 5.74) is 2.59. The first-order valence-corrected chi connectivity index (χ1v) is 7.22. The molecule has 0 saturated heterocycles. The first kappa shape index (κ1) is 11.8. The number of benzene rings is 1. The second-order valence-corrected chi connectivity index (χ2v) is 5.61. The molecule has 94 valence electrons. The van der Waals surface area contributed by atoms with E-state index in [2.05, 4.69) is 35.0 Å². The van der Waals surface area contributed by atoms with Gasteiger partial charge >= 0.3 is 0 Å². The lowest BCUT2D eigenvalue weighted by Crippen LogP contribution is -2.03. The van der Waals surface area contributed by atoms with E-state index in [-0.39, 0.29) is 0 Å². The third kappa shape index (κ3) is 2.74. The molecule has 1 heterocycles. The highest BCUT2D eigenvalue weighted by atomic mass is 32.1. The van der Waals surface area contributed by atoms with Crippen molar-refractivity contribution in [2.24, 2.45) is 0 Å². The Bertz CT molecular complexity index is 531. The molecule has 2 aromatic rings. The van der Waals surface area contributed by atoms with E-state index >= 15 is 0 Å². The lowest BCUT2D eigenvalue weighted by atomic mass is 10.1. The Balaban J connectivity index is 1.80. The molecule has 0 amide bonds. The Kier molecular flexibility index (Phi) is 3.35. The van der Waals surface area contributed by atoms with Crippen molar-refractivity contribution in [3.63, 3.8) is 0 Å². The molecule has 0 unspecified atom stereocenters. The molecular weight excluding hydrogens is 242 g/mol. The minimum atomic E-state index is 0.462. The summed E-state index contributed by atoms with van der Waals surface area (Å²) in [5, 5.41) is 5.39. The van der Waals surface area contributed by atoms with Crippen LogP contribution in [0.15, 0.2) is 35.7 Å². The number of hydrogen-bond acceptors (Lipinski definition) is 3. The van der Waals surface area contributed by atoms with Gasteiger partial charge in [0.15, 0.2) is 0 Å². The van der Waals surface area contributed by atoms with Crippen LogP contribution in [0, 0.1) is 0 Å². The van der Waals surface area contributed by atoms with Crippen molar-refractivity contribution in [1.29, 1.82) is 0 Å². The third-order valence-corrected chi connectivity index (χ3v) is 4.01. The fourth-order valence-electron chi connectivity index (χ4n) is 1.92. The minimum absolute atomic E-state index is 0.462. The van der Waals surface area contributed by atoms with Crippen LogP contribution in [-0.4, -0.2) is 13.2 Å². The molecule has 1 aliphatic rings. The largest absolute Gasteiger partial charge is 0.490 e. The molecule has 1 aromatic carbocycles. The Morgan fingerprint density at radius 2 is 2.22 bits per heavy atom. The van der Waals surface area contributed by atoms with E-state index < -0.39 is 0 Å². The Morgan fingerprint density at radius 3 is 3.00 bits per heavy atom. The van der Waals surface area contributed by atoms with Crippen molar-refractivity contribution in [2.75, 3.05) is 7.05 Å². The molecule has 0 radical (unpaired) electrons. The molecule has 18 heavy (non-hydrogen) atoms. The van der Waals surface area contributed by atoms with Gasteiger partial charge in [-0.15, -0.1) is 11.3 Å². The van der Waals surface area contributed by atoms with Crippen LogP contribution in [0.3, 0.4) is 0 Å². The highest BCUT2D eigenvalue weighted by Gasteiger charge is 2.23. The van der Waals surface area contributed by atoms with Crippen LogP contribution in [-0.2, 0) is 6.54 Å². The molecule has 0 atom stereocenters. The van der Waals surface area contributed by atoms with Gasteiger partial charge in [-0.25, -0.2) is 0 Å². The zero-order valence-electron chi connectivity index (χ0n) is 10.5. The average Bonchev–Trinajstić information content (AvgIpc) is 3.06. The van der Waals surface area contributed by atoms with E-state index in [0.717, 1.165) is 12.3 Å². The summed E-state index contributed by atoms with van der Waals surface area (Å²) in [6.45, 7) is 0.925. The summed E-state index contributed by atoms with van der Waals surface area (Å²) in [7, 11) is 1.97. The van der Waals surface area contributed by atoms with Gasteiger partial charge in [0.1, 0.15) is 5.75 Å². The molecule has 0 bridgehead atoms. The number of hydrogen-bond donors (Lipinski definition) is 1. The molecule has 1 aliphatic carbocycles. The lowest BCUT2D eigenvalue weighted by molar-refractivity contribution is 0.303. The molecule has 1 saturated carbocycles. The van der Waals surface area contributed by atoms with Gasteiger partial charge in [0, 0.05) is 11.4 Å². The number of ether oxygens (including phenoxy) is 1. The van der Waals surface area contributed by atoms with Crippen LogP contribution in [0.4, 0.5) is 0 Å². The SMILES string of the molecule is CNCc1csc(-c2cccc(OC3CC3)c2)c1. The Labute approximate surface area is 112 Å². The molecule has 1 aromatic heterocycles. The van der Waals surface area contributed by atoms with Crippen LogP contribution >= 0.6 is 11.3 Å². The molecular formula is C15H17NOS. The fourth-order valence-corrected chi connectivity index (χ4v) is 2.84. The van der Waals surface area contributed by atoms with Crippen molar-refractivity contribution in [2.45, 2.75) is 25.5 Å². The maximum atomic E-state index is 5.83. The topological polar surface area (TPSA) is 21.3 Å². The van der Waals surface area contributed by atoms with Crippen LogP contribution in [0.5, 0.6) is 5.75 Å². The highest BCUT2D eigenvalue weighted by Crippen LogP contribution is 2.32. The van der Waals surface area contributed by atoms with Crippen LogP contribution in [0.25, 0.3) is 10.4 Å². The van der Waals surface area contributed by atoms with E-state index in [0.29, 0.717) is 6.10 Å². The zero-order valence-corrected chi connectivity index (χ0v) is 11.3. The second kappa shape index (κ2) is 5.12. The van der Waals surface area contributed by atoms with Gasteiger partial charge in [-0.2, -0.15) is 0 Å². The monoisotopic (exact) mass is 259 g/mol. The summed E-state index contributed by atoms with van der Waals surface area (Å²) < 4.78 is 5.83. The quantitative estimate of drug-likeness (QED) is 0.884. The zero-order chi connectivity index (χ0) is 12.4. The summed E-state index contributed by atoms with van der Waals surface area (Å²) in [5.74, 6) is 0.999. The standard InChI is InChI=1S/C15H17NOS/c1-16-9-11-7-15(18-10-11)12-3-2-4-14(8-12)17-13-5-6-13/h2-4,7-8,10,13,16H,5-6,9H2,1H3.